The average molecular weight is 435 g/mol. The summed E-state index contributed by atoms with van der Waals surface area (Å²) in [5, 5.41) is 3.08. The van der Waals surface area contributed by atoms with Gasteiger partial charge in [-0.3, -0.25) is 9.52 Å². The fraction of sp³-hybridized carbons (Fsp3) is 0.636. The number of sulfonamides is 1. The molecule has 4 bridgehead atoms. The van der Waals surface area contributed by atoms with Crippen LogP contribution in [0.2, 0.25) is 0 Å². The van der Waals surface area contributed by atoms with Crippen molar-refractivity contribution in [1.82, 2.24) is 5.32 Å². The lowest BCUT2D eigenvalue weighted by molar-refractivity contribution is -0.128. The van der Waals surface area contributed by atoms with Crippen LogP contribution in [-0.2, 0) is 19.6 Å². The minimum absolute atomic E-state index is 0.0689. The van der Waals surface area contributed by atoms with Crippen LogP contribution in [0.3, 0.4) is 0 Å². The standard InChI is InChI=1S/C22H30N2O5S/c1-14(22-10-15-6-16(11-22)8-17(7-15)12-22)23-20(25)13-29-21(26)18-4-3-5-19(9-18)24-30(2,27)28/h3-5,9,14-17,24H,6-8,10-13H2,1-2H3,(H,23,25). The number of benzene rings is 1. The lowest BCUT2D eigenvalue weighted by Gasteiger charge is -2.59. The molecule has 8 heteroatoms. The van der Waals surface area contributed by atoms with E-state index in [2.05, 4.69) is 17.0 Å². The predicted octanol–water partition coefficient (Wildman–Crippen LogP) is 2.94. The number of hydrogen-bond acceptors (Lipinski definition) is 5. The lowest BCUT2D eigenvalue weighted by Crippen LogP contribution is -2.56. The van der Waals surface area contributed by atoms with Gasteiger partial charge in [0.05, 0.1) is 11.8 Å². The summed E-state index contributed by atoms with van der Waals surface area (Å²) in [6, 6.07) is 6.07. The van der Waals surface area contributed by atoms with Gasteiger partial charge in [0.25, 0.3) is 5.91 Å². The van der Waals surface area contributed by atoms with E-state index in [4.69, 9.17) is 4.74 Å². The zero-order valence-corrected chi connectivity index (χ0v) is 18.3. The van der Waals surface area contributed by atoms with E-state index < -0.39 is 16.0 Å². The molecule has 30 heavy (non-hydrogen) atoms. The monoisotopic (exact) mass is 434 g/mol. The highest BCUT2D eigenvalue weighted by atomic mass is 32.2. The van der Waals surface area contributed by atoms with Crippen LogP contribution in [-0.4, -0.2) is 39.2 Å². The van der Waals surface area contributed by atoms with Crippen molar-refractivity contribution in [2.45, 2.75) is 51.5 Å². The summed E-state index contributed by atoms with van der Waals surface area (Å²) in [6.07, 6.45) is 8.68. The van der Waals surface area contributed by atoms with Crippen LogP contribution in [0.4, 0.5) is 5.69 Å². The normalized spacial score (nSPS) is 30.5. The number of esters is 1. The summed E-state index contributed by atoms with van der Waals surface area (Å²) >= 11 is 0. The molecule has 4 saturated carbocycles. The molecule has 164 valence electrons. The number of carbonyl (C=O) groups is 2. The molecule has 1 aromatic carbocycles. The number of rotatable bonds is 7. The molecule has 0 radical (unpaired) electrons. The summed E-state index contributed by atoms with van der Waals surface area (Å²) < 4.78 is 30.2. The van der Waals surface area contributed by atoms with Crippen molar-refractivity contribution in [3.8, 4) is 0 Å². The number of amides is 1. The third-order valence-corrected chi connectivity index (χ3v) is 7.72. The zero-order chi connectivity index (χ0) is 21.5. The summed E-state index contributed by atoms with van der Waals surface area (Å²) in [5.74, 6) is 1.46. The Bertz CT molecular complexity index is 907. The fourth-order valence-electron chi connectivity index (χ4n) is 6.28. The van der Waals surface area contributed by atoms with Crippen LogP contribution >= 0.6 is 0 Å². The molecule has 4 aliphatic carbocycles. The summed E-state index contributed by atoms with van der Waals surface area (Å²) in [7, 11) is -3.44. The van der Waals surface area contributed by atoms with Gasteiger partial charge in [-0.25, -0.2) is 13.2 Å². The van der Waals surface area contributed by atoms with Crippen LogP contribution in [0, 0.1) is 23.2 Å². The van der Waals surface area contributed by atoms with Gasteiger partial charge in [0.15, 0.2) is 6.61 Å². The largest absolute Gasteiger partial charge is 0.452 e. The third-order valence-electron chi connectivity index (χ3n) is 7.12. The molecule has 4 aliphatic rings. The maximum Gasteiger partial charge on any atom is 0.338 e. The molecule has 1 unspecified atom stereocenters. The minimum atomic E-state index is -3.44. The minimum Gasteiger partial charge on any atom is -0.452 e. The van der Waals surface area contributed by atoms with Crippen LogP contribution in [0.1, 0.15) is 55.8 Å². The Kier molecular flexibility index (Phi) is 5.55. The Balaban J connectivity index is 1.31. The lowest BCUT2D eigenvalue weighted by atomic mass is 9.48. The summed E-state index contributed by atoms with van der Waals surface area (Å²) in [6.45, 7) is 1.74. The molecule has 4 fully saturated rings. The molecule has 1 aromatic rings. The molecule has 0 heterocycles. The van der Waals surface area contributed by atoms with Crippen molar-refractivity contribution in [1.29, 1.82) is 0 Å². The Morgan fingerprint density at radius 3 is 2.30 bits per heavy atom. The first-order chi connectivity index (χ1) is 14.1. The molecular weight excluding hydrogens is 404 g/mol. The average Bonchev–Trinajstić information content (AvgIpc) is 2.64. The summed E-state index contributed by atoms with van der Waals surface area (Å²) in [5.41, 5.74) is 0.650. The molecule has 1 atom stereocenters. The highest BCUT2D eigenvalue weighted by Crippen LogP contribution is 2.61. The SMILES string of the molecule is CC(NC(=O)COC(=O)c1cccc(NS(C)(=O)=O)c1)C12CC3CC(CC(C3)C1)C2. The maximum atomic E-state index is 12.5. The zero-order valence-electron chi connectivity index (χ0n) is 17.5. The highest BCUT2D eigenvalue weighted by molar-refractivity contribution is 7.92. The second-order valence-corrected chi connectivity index (χ2v) is 11.3. The number of hydrogen-bond donors (Lipinski definition) is 2. The molecular formula is C22H30N2O5S. The van der Waals surface area contributed by atoms with Crippen molar-refractivity contribution in [3.05, 3.63) is 29.8 Å². The summed E-state index contributed by atoms with van der Waals surface area (Å²) in [4.78, 5) is 24.8. The molecule has 0 aliphatic heterocycles. The Morgan fingerprint density at radius 1 is 1.13 bits per heavy atom. The first kappa shape index (κ1) is 21.2. The second kappa shape index (κ2) is 7.87. The van der Waals surface area contributed by atoms with Gasteiger partial charge in [-0.1, -0.05) is 6.07 Å². The van der Waals surface area contributed by atoms with E-state index in [9.17, 15) is 18.0 Å². The number of carbonyl (C=O) groups excluding carboxylic acids is 2. The van der Waals surface area contributed by atoms with E-state index in [-0.39, 0.29) is 35.2 Å². The van der Waals surface area contributed by atoms with Gasteiger partial charge in [0, 0.05) is 11.7 Å². The van der Waals surface area contributed by atoms with Gasteiger partial charge in [-0.15, -0.1) is 0 Å². The predicted molar refractivity (Wildman–Crippen MR) is 113 cm³/mol. The molecule has 5 rings (SSSR count). The van der Waals surface area contributed by atoms with Gasteiger partial charge in [0.2, 0.25) is 10.0 Å². The Morgan fingerprint density at radius 2 is 1.73 bits per heavy atom. The molecule has 7 nitrogen and oxygen atoms in total. The van der Waals surface area contributed by atoms with Gasteiger partial charge in [0.1, 0.15) is 0 Å². The molecule has 1 amide bonds. The molecule has 0 spiro atoms. The van der Waals surface area contributed by atoms with E-state index in [0.29, 0.717) is 0 Å². The van der Waals surface area contributed by atoms with Crippen molar-refractivity contribution in [3.63, 3.8) is 0 Å². The Hall–Kier alpha value is -2.09. The van der Waals surface area contributed by atoms with Crippen LogP contribution in [0.15, 0.2) is 24.3 Å². The van der Waals surface area contributed by atoms with E-state index in [1.54, 1.807) is 6.07 Å². The maximum absolute atomic E-state index is 12.5. The van der Waals surface area contributed by atoms with Crippen molar-refractivity contribution < 1.29 is 22.7 Å². The van der Waals surface area contributed by atoms with Gasteiger partial charge in [-0.2, -0.15) is 0 Å². The van der Waals surface area contributed by atoms with Crippen molar-refractivity contribution in [2.75, 3.05) is 17.6 Å². The number of anilines is 1. The first-order valence-electron chi connectivity index (χ1n) is 10.7. The van der Waals surface area contributed by atoms with Crippen LogP contribution in [0.5, 0.6) is 0 Å². The van der Waals surface area contributed by atoms with E-state index in [1.807, 2.05) is 0 Å². The van der Waals surface area contributed by atoms with Crippen LogP contribution < -0.4 is 10.0 Å². The van der Waals surface area contributed by atoms with Gasteiger partial charge < -0.3 is 10.1 Å². The number of nitrogens with one attached hydrogen (secondary N) is 2. The van der Waals surface area contributed by atoms with Gasteiger partial charge >= 0.3 is 5.97 Å². The van der Waals surface area contributed by atoms with E-state index in [0.717, 1.165) is 24.0 Å². The van der Waals surface area contributed by atoms with Gasteiger partial charge in [-0.05, 0) is 86.8 Å². The second-order valence-electron chi connectivity index (χ2n) is 9.60. The molecule has 2 N–H and O–H groups in total. The fourth-order valence-corrected chi connectivity index (χ4v) is 6.84. The quantitative estimate of drug-likeness (QED) is 0.643. The molecule has 0 aromatic heterocycles. The Labute approximate surface area is 178 Å². The highest BCUT2D eigenvalue weighted by Gasteiger charge is 2.53. The smallest absolute Gasteiger partial charge is 0.338 e. The van der Waals surface area contributed by atoms with Crippen LogP contribution in [0.25, 0.3) is 0 Å². The van der Waals surface area contributed by atoms with E-state index in [1.165, 1.54) is 56.7 Å². The number of ether oxygens (including phenoxy) is 1. The van der Waals surface area contributed by atoms with E-state index >= 15 is 0 Å². The van der Waals surface area contributed by atoms with Crippen molar-refractivity contribution >= 4 is 27.6 Å². The van der Waals surface area contributed by atoms with Crippen molar-refractivity contribution in [2.24, 2.45) is 23.2 Å². The first-order valence-corrected chi connectivity index (χ1v) is 12.6. The molecule has 0 saturated heterocycles. The third kappa shape index (κ3) is 4.63. The topological polar surface area (TPSA) is 102 Å².